The number of ether oxygens (including phenoxy) is 3. The Hall–Kier alpha value is -3.80. The Morgan fingerprint density at radius 2 is 1.54 bits per heavy atom. The molecule has 0 aliphatic heterocycles. The highest BCUT2D eigenvalue weighted by atomic mass is 16.5. The first-order chi connectivity index (χ1) is 17.9. The zero-order valence-corrected chi connectivity index (χ0v) is 22.2. The maximum Gasteiger partial charge on any atom is 0.305 e. The number of carbonyl (C=O) groups is 2. The van der Waals surface area contributed by atoms with Crippen LogP contribution in [0.3, 0.4) is 0 Å². The normalized spacial score (nSPS) is 10.7. The fraction of sp³-hybridized carbons (Fsp3) is 0.355. The summed E-state index contributed by atoms with van der Waals surface area (Å²) in [4.78, 5) is 26.3. The highest BCUT2D eigenvalue weighted by molar-refractivity contribution is 6.07. The standard InChI is InChI=1S/C31H37NO5/c1-5-35-30(33)11-8-20-36-29-10-7-6-9-28(29)31(34)32(4)26-16-18-27(19-17-26)37-22-25-14-12-24(13-15-25)21-23(2)3/h6-7,9-10,12-19,23H,5,8,11,20-22H2,1-4H3. The lowest BCUT2D eigenvalue weighted by atomic mass is 10.0. The van der Waals surface area contributed by atoms with Crippen LogP contribution in [0.5, 0.6) is 11.5 Å². The number of nitrogens with zero attached hydrogens (tertiary/aromatic N) is 1. The molecular weight excluding hydrogens is 466 g/mol. The van der Waals surface area contributed by atoms with E-state index in [-0.39, 0.29) is 18.3 Å². The number of hydrogen-bond donors (Lipinski definition) is 0. The molecule has 0 spiro atoms. The third kappa shape index (κ3) is 8.67. The third-order valence-corrected chi connectivity index (χ3v) is 5.81. The van der Waals surface area contributed by atoms with Gasteiger partial charge in [0.05, 0.1) is 18.8 Å². The van der Waals surface area contributed by atoms with Gasteiger partial charge in [-0.2, -0.15) is 0 Å². The van der Waals surface area contributed by atoms with Crippen molar-refractivity contribution in [3.63, 3.8) is 0 Å². The molecule has 0 aromatic heterocycles. The average molecular weight is 504 g/mol. The van der Waals surface area contributed by atoms with Gasteiger partial charge in [0, 0.05) is 19.2 Å². The molecule has 0 bridgehead atoms. The van der Waals surface area contributed by atoms with E-state index < -0.39 is 0 Å². The Balaban J connectivity index is 1.55. The van der Waals surface area contributed by atoms with Crippen molar-refractivity contribution in [2.75, 3.05) is 25.2 Å². The number of anilines is 1. The zero-order chi connectivity index (χ0) is 26.6. The number of benzene rings is 3. The highest BCUT2D eigenvalue weighted by Gasteiger charge is 2.18. The summed E-state index contributed by atoms with van der Waals surface area (Å²) in [5.74, 6) is 1.43. The lowest BCUT2D eigenvalue weighted by Crippen LogP contribution is -2.26. The van der Waals surface area contributed by atoms with Gasteiger partial charge in [0.2, 0.25) is 0 Å². The second kappa shape index (κ2) is 14.1. The molecule has 3 rings (SSSR count). The molecule has 0 unspecified atom stereocenters. The van der Waals surface area contributed by atoms with Gasteiger partial charge in [-0.25, -0.2) is 0 Å². The van der Waals surface area contributed by atoms with E-state index in [1.165, 1.54) is 5.56 Å². The first kappa shape index (κ1) is 27.8. The number of carbonyl (C=O) groups excluding carboxylic acids is 2. The van der Waals surface area contributed by atoms with Crippen LogP contribution in [0.4, 0.5) is 5.69 Å². The molecule has 0 radical (unpaired) electrons. The summed E-state index contributed by atoms with van der Waals surface area (Å²) in [6.45, 7) is 7.38. The molecular formula is C31H37NO5. The SMILES string of the molecule is CCOC(=O)CCCOc1ccccc1C(=O)N(C)c1ccc(OCc2ccc(CC(C)C)cc2)cc1. The second-order valence-electron chi connectivity index (χ2n) is 9.31. The van der Waals surface area contributed by atoms with Crippen LogP contribution in [0.2, 0.25) is 0 Å². The van der Waals surface area contributed by atoms with Crippen LogP contribution in [-0.2, 0) is 22.6 Å². The molecule has 6 nitrogen and oxygen atoms in total. The van der Waals surface area contributed by atoms with Crippen LogP contribution in [0.1, 0.15) is 55.1 Å². The van der Waals surface area contributed by atoms with E-state index in [1.54, 1.807) is 37.1 Å². The molecule has 0 heterocycles. The topological polar surface area (TPSA) is 65.1 Å². The van der Waals surface area contributed by atoms with Crippen LogP contribution in [0.25, 0.3) is 0 Å². The molecule has 3 aromatic rings. The van der Waals surface area contributed by atoms with E-state index in [4.69, 9.17) is 14.2 Å². The van der Waals surface area contributed by atoms with Crippen LogP contribution in [0.15, 0.2) is 72.8 Å². The van der Waals surface area contributed by atoms with Gasteiger partial charge in [-0.15, -0.1) is 0 Å². The van der Waals surface area contributed by atoms with Crippen molar-refractivity contribution in [1.82, 2.24) is 0 Å². The lowest BCUT2D eigenvalue weighted by molar-refractivity contribution is -0.143. The van der Waals surface area contributed by atoms with Crippen molar-refractivity contribution in [3.8, 4) is 11.5 Å². The van der Waals surface area contributed by atoms with Gasteiger partial charge < -0.3 is 19.1 Å². The van der Waals surface area contributed by atoms with Crippen molar-refractivity contribution in [2.45, 2.75) is 46.6 Å². The van der Waals surface area contributed by atoms with Gasteiger partial charge in [0.1, 0.15) is 18.1 Å². The molecule has 3 aromatic carbocycles. The predicted molar refractivity (Wildman–Crippen MR) is 146 cm³/mol. The molecule has 0 atom stereocenters. The largest absolute Gasteiger partial charge is 0.493 e. The summed E-state index contributed by atoms with van der Waals surface area (Å²) in [7, 11) is 1.73. The second-order valence-corrected chi connectivity index (χ2v) is 9.31. The molecule has 0 aliphatic rings. The molecule has 1 amide bonds. The Kier molecular flexibility index (Phi) is 10.6. The summed E-state index contributed by atoms with van der Waals surface area (Å²) in [5, 5.41) is 0. The van der Waals surface area contributed by atoms with Gasteiger partial charge in [-0.05, 0) is 73.2 Å². The minimum absolute atomic E-state index is 0.184. The Morgan fingerprint density at radius 1 is 0.865 bits per heavy atom. The fourth-order valence-corrected chi connectivity index (χ4v) is 3.87. The van der Waals surface area contributed by atoms with Gasteiger partial charge in [-0.3, -0.25) is 9.59 Å². The zero-order valence-electron chi connectivity index (χ0n) is 22.2. The molecule has 0 saturated carbocycles. The van der Waals surface area contributed by atoms with E-state index in [0.29, 0.717) is 43.5 Å². The molecule has 6 heteroatoms. The van der Waals surface area contributed by atoms with Crippen molar-refractivity contribution in [1.29, 1.82) is 0 Å². The Labute approximate surface area is 220 Å². The third-order valence-electron chi connectivity index (χ3n) is 5.81. The maximum atomic E-state index is 13.2. The van der Waals surface area contributed by atoms with Crippen LogP contribution in [0, 0.1) is 5.92 Å². The first-order valence-electron chi connectivity index (χ1n) is 12.8. The Morgan fingerprint density at radius 3 is 2.22 bits per heavy atom. The average Bonchev–Trinajstić information content (AvgIpc) is 2.90. The quantitative estimate of drug-likeness (QED) is 0.198. The minimum atomic E-state index is -0.248. The van der Waals surface area contributed by atoms with Crippen molar-refractivity contribution >= 4 is 17.6 Å². The highest BCUT2D eigenvalue weighted by Crippen LogP contribution is 2.25. The summed E-state index contributed by atoms with van der Waals surface area (Å²) >= 11 is 0. The van der Waals surface area contributed by atoms with E-state index in [2.05, 4.69) is 38.1 Å². The number of amides is 1. The van der Waals surface area contributed by atoms with E-state index in [1.807, 2.05) is 30.3 Å². The van der Waals surface area contributed by atoms with Gasteiger partial charge in [-0.1, -0.05) is 50.2 Å². The smallest absolute Gasteiger partial charge is 0.305 e. The molecule has 0 aliphatic carbocycles. The van der Waals surface area contributed by atoms with Crippen molar-refractivity contribution in [2.24, 2.45) is 5.92 Å². The molecule has 0 saturated heterocycles. The predicted octanol–water partition coefficient (Wildman–Crippen LogP) is 6.46. The number of rotatable bonds is 13. The molecule has 196 valence electrons. The summed E-state index contributed by atoms with van der Waals surface area (Å²) in [5.41, 5.74) is 3.65. The van der Waals surface area contributed by atoms with Crippen LogP contribution in [-0.4, -0.2) is 32.1 Å². The number of esters is 1. The van der Waals surface area contributed by atoms with Gasteiger partial charge in [0.25, 0.3) is 5.91 Å². The van der Waals surface area contributed by atoms with Gasteiger partial charge in [0.15, 0.2) is 0 Å². The fourth-order valence-electron chi connectivity index (χ4n) is 3.87. The lowest BCUT2D eigenvalue weighted by Gasteiger charge is -2.20. The minimum Gasteiger partial charge on any atom is -0.493 e. The van der Waals surface area contributed by atoms with Gasteiger partial charge >= 0.3 is 5.97 Å². The Bertz CT molecular complexity index is 1140. The van der Waals surface area contributed by atoms with E-state index in [9.17, 15) is 9.59 Å². The van der Waals surface area contributed by atoms with E-state index in [0.717, 1.165) is 23.4 Å². The summed E-state index contributed by atoms with van der Waals surface area (Å²) < 4.78 is 16.7. The molecule has 37 heavy (non-hydrogen) atoms. The van der Waals surface area contributed by atoms with Crippen molar-refractivity contribution < 1.29 is 23.8 Å². The van der Waals surface area contributed by atoms with Crippen LogP contribution >= 0.6 is 0 Å². The monoisotopic (exact) mass is 503 g/mol. The number of hydrogen-bond acceptors (Lipinski definition) is 5. The van der Waals surface area contributed by atoms with Crippen molar-refractivity contribution in [3.05, 3.63) is 89.5 Å². The molecule has 0 N–H and O–H groups in total. The van der Waals surface area contributed by atoms with Crippen LogP contribution < -0.4 is 14.4 Å². The summed E-state index contributed by atoms with van der Waals surface area (Å²) in [6.07, 6.45) is 1.86. The first-order valence-corrected chi connectivity index (χ1v) is 12.8. The maximum absolute atomic E-state index is 13.2. The van der Waals surface area contributed by atoms with E-state index >= 15 is 0 Å². The number of para-hydroxylation sites is 1. The molecule has 0 fully saturated rings. The summed E-state index contributed by atoms with van der Waals surface area (Å²) in [6, 6.07) is 23.1.